The number of amides is 1. The van der Waals surface area contributed by atoms with Crippen LogP contribution in [0, 0.1) is 17.6 Å². The molecule has 92 valence electrons. The van der Waals surface area contributed by atoms with Gasteiger partial charge >= 0.3 is 0 Å². The molecule has 0 bridgehead atoms. The number of hydrogen-bond donors (Lipinski definition) is 1. The third-order valence-corrected chi connectivity index (χ3v) is 3.12. The quantitative estimate of drug-likeness (QED) is 0.830. The largest absolute Gasteiger partial charge is 0.349 e. The van der Waals surface area contributed by atoms with Gasteiger partial charge in [-0.3, -0.25) is 4.79 Å². The number of rotatable bonds is 3. The summed E-state index contributed by atoms with van der Waals surface area (Å²) < 4.78 is 27.0. The van der Waals surface area contributed by atoms with Crippen LogP contribution < -0.4 is 5.32 Å². The van der Waals surface area contributed by atoms with E-state index in [2.05, 4.69) is 5.32 Å². The van der Waals surface area contributed by atoms with Crippen molar-refractivity contribution in [2.24, 2.45) is 5.92 Å². The lowest BCUT2D eigenvalue weighted by atomic mass is 10.0. The van der Waals surface area contributed by atoms with Gasteiger partial charge < -0.3 is 5.32 Å². The fraction of sp³-hybridized carbons (Fsp3) is 0.417. The molecule has 1 aromatic rings. The second kappa shape index (κ2) is 4.61. The molecule has 1 aliphatic rings. The highest BCUT2D eigenvalue weighted by molar-refractivity contribution is 6.30. The van der Waals surface area contributed by atoms with Crippen molar-refractivity contribution in [3.05, 3.63) is 34.4 Å². The zero-order valence-corrected chi connectivity index (χ0v) is 10.0. The van der Waals surface area contributed by atoms with E-state index < -0.39 is 17.7 Å². The normalized spacial score (nSPS) is 16.7. The smallest absolute Gasteiger partial charge is 0.217 e. The molecule has 1 N–H and O–H groups in total. The van der Waals surface area contributed by atoms with Crippen LogP contribution >= 0.6 is 11.6 Å². The van der Waals surface area contributed by atoms with Gasteiger partial charge in [-0.05, 0) is 30.9 Å². The Morgan fingerprint density at radius 1 is 1.41 bits per heavy atom. The monoisotopic (exact) mass is 259 g/mol. The molecule has 1 atom stereocenters. The van der Waals surface area contributed by atoms with Gasteiger partial charge in [0.05, 0.1) is 11.1 Å². The zero-order valence-electron chi connectivity index (χ0n) is 9.27. The average Bonchev–Trinajstić information content (AvgIpc) is 3.04. The summed E-state index contributed by atoms with van der Waals surface area (Å²) in [7, 11) is 0. The van der Waals surface area contributed by atoms with Crippen LogP contribution in [0.4, 0.5) is 8.78 Å². The Labute approximate surface area is 103 Å². The first-order valence-electron chi connectivity index (χ1n) is 5.40. The summed E-state index contributed by atoms with van der Waals surface area (Å²) in [6.45, 7) is 1.36. The van der Waals surface area contributed by atoms with Crippen LogP contribution in [0.2, 0.25) is 5.02 Å². The molecule has 1 aliphatic carbocycles. The van der Waals surface area contributed by atoms with Gasteiger partial charge in [0.2, 0.25) is 5.91 Å². The van der Waals surface area contributed by atoms with Crippen LogP contribution in [0.3, 0.4) is 0 Å². The van der Waals surface area contributed by atoms with Crippen molar-refractivity contribution >= 4 is 17.5 Å². The van der Waals surface area contributed by atoms with E-state index in [4.69, 9.17) is 11.6 Å². The third-order valence-electron chi connectivity index (χ3n) is 2.83. The van der Waals surface area contributed by atoms with Crippen molar-refractivity contribution in [1.29, 1.82) is 0 Å². The number of halogens is 3. The highest BCUT2D eigenvalue weighted by atomic mass is 35.5. The van der Waals surface area contributed by atoms with Crippen molar-refractivity contribution in [2.75, 3.05) is 0 Å². The molecule has 0 aliphatic heterocycles. The van der Waals surface area contributed by atoms with Gasteiger partial charge in [-0.1, -0.05) is 11.6 Å². The topological polar surface area (TPSA) is 29.1 Å². The predicted octanol–water partition coefficient (Wildman–Crippen LogP) is 3.21. The average molecular weight is 260 g/mol. The van der Waals surface area contributed by atoms with E-state index in [1.54, 1.807) is 0 Å². The molecule has 17 heavy (non-hydrogen) atoms. The van der Waals surface area contributed by atoms with Crippen LogP contribution in [0.1, 0.15) is 31.4 Å². The fourth-order valence-corrected chi connectivity index (χ4v) is 2.02. The summed E-state index contributed by atoms with van der Waals surface area (Å²) in [5.74, 6) is -1.31. The lowest BCUT2D eigenvalue weighted by Gasteiger charge is -2.18. The summed E-state index contributed by atoms with van der Waals surface area (Å²) >= 11 is 5.49. The molecule has 2 nitrogen and oxygen atoms in total. The maximum atomic E-state index is 13.7. The van der Waals surface area contributed by atoms with Crippen LogP contribution in [-0.4, -0.2) is 5.91 Å². The molecular weight excluding hydrogens is 248 g/mol. The lowest BCUT2D eigenvalue weighted by Crippen LogP contribution is -2.28. The molecule has 2 rings (SSSR count). The lowest BCUT2D eigenvalue weighted by molar-refractivity contribution is -0.119. The molecule has 1 saturated carbocycles. The minimum absolute atomic E-state index is 0.171. The van der Waals surface area contributed by atoms with E-state index >= 15 is 0 Å². The number of nitrogens with one attached hydrogen (secondary N) is 1. The molecule has 5 heteroatoms. The second-order valence-electron chi connectivity index (χ2n) is 4.30. The Morgan fingerprint density at radius 3 is 2.59 bits per heavy atom. The molecule has 0 heterocycles. The predicted molar refractivity (Wildman–Crippen MR) is 60.6 cm³/mol. The van der Waals surface area contributed by atoms with Gasteiger partial charge in [0, 0.05) is 12.5 Å². The molecule has 0 unspecified atom stereocenters. The highest BCUT2D eigenvalue weighted by Crippen LogP contribution is 2.42. The van der Waals surface area contributed by atoms with Crippen molar-refractivity contribution < 1.29 is 13.6 Å². The number of carbonyl (C=O) groups is 1. The Balaban J connectivity index is 2.35. The molecule has 1 amide bonds. The number of benzene rings is 1. The van der Waals surface area contributed by atoms with Gasteiger partial charge in [-0.25, -0.2) is 8.78 Å². The minimum atomic E-state index is -0.668. The van der Waals surface area contributed by atoms with E-state index in [0.717, 1.165) is 25.0 Å². The zero-order chi connectivity index (χ0) is 12.6. The molecule has 1 aromatic carbocycles. The van der Waals surface area contributed by atoms with E-state index in [0.29, 0.717) is 0 Å². The van der Waals surface area contributed by atoms with E-state index in [1.165, 1.54) is 6.92 Å². The maximum absolute atomic E-state index is 13.7. The third kappa shape index (κ3) is 2.75. The Kier molecular flexibility index (Phi) is 3.33. The van der Waals surface area contributed by atoms with Gasteiger partial charge in [0.15, 0.2) is 0 Å². The van der Waals surface area contributed by atoms with E-state index in [-0.39, 0.29) is 22.4 Å². The van der Waals surface area contributed by atoms with Gasteiger partial charge in [0.25, 0.3) is 0 Å². The molecule has 0 spiro atoms. The van der Waals surface area contributed by atoms with Crippen LogP contribution in [-0.2, 0) is 4.79 Å². The number of carbonyl (C=O) groups excluding carboxylic acids is 1. The summed E-state index contributed by atoms with van der Waals surface area (Å²) in [5.41, 5.74) is 0.171. The first kappa shape index (κ1) is 12.3. The Bertz CT molecular complexity index is 460. The van der Waals surface area contributed by atoms with Crippen molar-refractivity contribution in [3.63, 3.8) is 0 Å². The summed E-state index contributed by atoms with van der Waals surface area (Å²) in [5, 5.41) is 2.41. The maximum Gasteiger partial charge on any atom is 0.217 e. The fourth-order valence-electron chi connectivity index (χ4n) is 1.87. The van der Waals surface area contributed by atoms with Crippen molar-refractivity contribution in [1.82, 2.24) is 5.32 Å². The van der Waals surface area contributed by atoms with Gasteiger partial charge in [0.1, 0.15) is 11.6 Å². The number of hydrogen-bond acceptors (Lipinski definition) is 1. The molecule has 1 fully saturated rings. The van der Waals surface area contributed by atoms with Gasteiger partial charge in [-0.2, -0.15) is 0 Å². The molecule has 0 saturated heterocycles. The first-order chi connectivity index (χ1) is 7.99. The Hall–Kier alpha value is -1.16. The molecule has 0 aromatic heterocycles. The standard InChI is InChI=1S/C12H12ClF2NO/c1-6(17)16-12(7-2-3-7)8-4-11(15)9(13)5-10(8)14/h4-5,7,12H,2-3H2,1H3,(H,16,17)/t12-/m1/s1. The van der Waals surface area contributed by atoms with E-state index in [9.17, 15) is 13.6 Å². The SMILES string of the molecule is CC(=O)N[C@@H](c1cc(F)c(Cl)cc1F)C1CC1. The summed E-state index contributed by atoms with van der Waals surface area (Å²) in [4.78, 5) is 11.1. The molecular formula is C12H12ClF2NO. The van der Waals surface area contributed by atoms with Crippen LogP contribution in [0.15, 0.2) is 12.1 Å². The summed E-state index contributed by atoms with van der Waals surface area (Å²) in [6, 6.07) is 1.55. The molecule has 0 radical (unpaired) electrons. The van der Waals surface area contributed by atoms with Crippen LogP contribution in [0.5, 0.6) is 0 Å². The summed E-state index contributed by atoms with van der Waals surface area (Å²) in [6.07, 6.45) is 1.82. The van der Waals surface area contributed by atoms with Crippen LogP contribution in [0.25, 0.3) is 0 Å². The van der Waals surface area contributed by atoms with E-state index in [1.807, 2.05) is 0 Å². The second-order valence-corrected chi connectivity index (χ2v) is 4.71. The van der Waals surface area contributed by atoms with Gasteiger partial charge in [-0.15, -0.1) is 0 Å². The minimum Gasteiger partial charge on any atom is -0.349 e. The first-order valence-corrected chi connectivity index (χ1v) is 5.78. The van der Waals surface area contributed by atoms with Crippen molar-refractivity contribution in [2.45, 2.75) is 25.8 Å². The Morgan fingerprint density at radius 2 is 2.06 bits per heavy atom. The highest BCUT2D eigenvalue weighted by Gasteiger charge is 2.34. The van der Waals surface area contributed by atoms with Crippen molar-refractivity contribution in [3.8, 4) is 0 Å².